The maximum Gasteiger partial charge on any atom is 0.420 e. The molecule has 210 valence electrons. The van der Waals surface area contributed by atoms with E-state index in [2.05, 4.69) is 19.1 Å². The second-order valence-corrected chi connectivity index (χ2v) is 11.4. The molecule has 0 aromatic carbocycles. The maximum absolute atomic E-state index is 12.9. The Morgan fingerprint density at radius 1 is 0.694 bits per heavy atom. The highest BCUT2D eigenvalue weighted by atomic mass is 16.6. The minimum Gasteiger partial charge on any atom is -0.467 e. The SMILES string of the molecule is CCCCCCCC/C=C\CCCCCC[C@@H](C(=O)OC)N(C(=O)OC(C)(C)C)C(=O)OC(C)(C)C. The van der Waals surface area contributed by atoms with E-state index >= 15 is 0 Å². The van der Waals surface area contributed by atoms with Crippen molar-refractivity contribution < 1.29 is 28.6 Å². The molecule has 0 rings (SSSR count). The Balaban J connectivity index is 4.74. The summed E-state index contributed by atoms with van der Waals surface area (Å²) in [6.07, 6.45) is 16.7. The molecule has 0 fully saturated rings. The minimum atomic E-state index is -1.10. The Morgan fingerprint density at radius 3 is 1.53 bits per heavy atom. The van der Waals surface area contributed by atoms with Gasteiger partial charge in [-0.25, -0.2) is 14.4 Å². The average Bonchev–Trinajstić information content (AvgIpc) is 2.75. The fourth-order valence-corrected chi connectivity index (χ4v) is 3.67. The van der Waals surface area contributed by atoms with E-state index in [0.717, 1.165) is 37.0 Å². The van der Waals surface area contributed by atoms with Gasteiger partial charge in [0.25, 0.3) is 0 Å². The third kappa shape index (κ3) is 17.4. The number of amides is 2. The van der Waals surface area contributed by atoms with E-state index in [9.17, 15) is 14.4 Å². The topological polar surface area (TPSA) is 82.1 Å². The number of carbonyl (C=O) groups excluding carboxylic acids is 3. The van der Waals surface area contributed by atoms with Gasteiger partial charge >= 0.3 is 18.2 Å². The number of hydrogen-bond donors (Lipinski definition) is 0. The Kier molecular flexibility index (Phi) is 17.2. The fraction of sp³-hybridized carbons (Fsp3) is 0.828. The lowest BCUT2D eigenvalue weighted by molar-refractivity contribution is -0.147. The Bertz CT molecular complexity index is 632. The summed E-state index contributed by atoms with van der Waals surface area (Å²) in [4.78, 5) is 39.1. The molecule has 0 aliphatic rings. The highest BCUT2D eigenvalue weighted by Crippen LogP contribution is 2.21. The van der Waals surface area contributed by atoms with Crippen LogP contribution in [0.4, 0.5) is 9.59 Å². The maximum atomic E-state index is 12.9. The molecule has 1 atom stereocenters. The van der Waals surface area contributed by atoms with Crippen molar-refractivity contribution in [3.63, 3.8) is 0 Å². The van der Waals surface area contributed by atoms with Crippen molar-refractivity contribution >= 4 is 18.2 Å². The normalized spacial score (nSPS) is 12.9. The molecule has 0 radical (unpaired) electrons. The first-order chi connectivity index (χ1) is 16.8. The zero-order chi connectivity index (χ0) is 27.6. The molecule has 36 heavy (non-hydrogen) atoms. The van der Waals surface area contributed by atoms with E-state index in [-0.39, 0.29) is 0 Å². The quantitative estimate of drug-likeness (QED) is 0.0896. The van der Waals surface area contributed by atoms with E-state index in [0.29, 0.717) is 12.8 Å². The van der Waals surface area contributed by atoms with Gasteiger partial charge in [-0.15, -0.1) is 0 Å². The Hall–Kier alpha value is -2.05. The number of hydrogen-bond acceptors (Lipinski definition) is 6. The van der Waals surface area contributed by atoms with E-state index < -0.39 is 35.4 Å². The van der Waals surface area contributed by atoms with Crippen molar-refractivity contribution in [1.29, 1.82) is 0 Å². The molecule has 0 N–H and O–H groups in total. The van der Waals surface area contributed by atoms with E-state index in [1.165, 1.54) is 45.6 Å². The van der Waals surface area contributed by atoms with Crippen LogP contribution in [0.25, 0.3) is 0 Å². The number of rotatable bonds is 16. The lowest BCUT2D eigenvalue weighted by Gasteiger charge is -2.32. The predicted octanol–water partition coefficient (Wildman–Crippen LogP) is 8.35. The predicted molar refractivity (Wildman–Crippen MR) is 145 cm³/mol. The monoisotopic (exact) mass is 511 g/mol. The van der Waals surface area contributed by atoms with Crippen LogP contribution in [-0.2, 0) is 19.0 Å². The van der Waals surface area contributed by atoms with Gasteiger partial charge < -0.3 is 14.2 Å². The molecule has 0 aliphatic carbocycles. The summed E-state index contributed by atoms with van der Waals surface area (Å²) < 4.78 is 15.7. The van der Waals surface area contributed by atoms with Gasteiger partial charge in [0.15, 0.2) is 0 Å². The summed E-state index contributed by atoms with van der Waals surface area (Å²) in [7, 11) is 1.25. The van der Waals surface area contributed by atoms with Crippen LogP contribution < -0.4 is 0 Å². The summed E-state index contributed by atoms with van der Waals surface area (Å²) in [5.41, 5.74) is -1.67. The molecule has 0 aliphatic heterocycles. The molecule has 7 nitrogen and oxygen atoms in total. The molecule has 2 amide bonds. The van der Waals surface area contributed by atoms with Crippen LogP contribution in [0.1, 0.15) is 132 Å². The van der Waals surface area contributed by atoms with Crippen molar-refractivity contribution in [2.24, 2.45) is 0 Å². The van der Waals surface area contributed by atoms with Crippen LogP contribution in [0, 0.1) is 0 Å². The molecule has 0 saturated carbocycles. The summed E-state index contributed by atoms with van der Waals surface area (Å²) in [5.74, 6) is -0.663. The lowest BCUT2D eigenvalue weighted by atomic mass is 10.0. The summed E-state index contributed by atoms with van der Waals surface area (Å²) >= 11 is 0. The molecular formula is C29H53NO6. The number of carbonyl (C=O) groups is 3. The highest BCUT2D eigenvalue weighted by Gasteiger charge is 2.40. The van der Waals surface area contributed by atoms with Gasteiger partial charge in [-0.2, -0.15) is 4.90 Å². The first-order valence-electron chi connectivity index (χ1n) is 13.8. The van der Waals surface area contributed by atoms with Gasteiger partial charge in [-0.05, 0) is 73.6 Å². The summed E-state index contributed by atoms with van der Waals surface area (Å²) in [5, 5.41) is 0. The number of imide groups is 1. The van der Waals surface area contributed by atoms with Crippen LogP contribution >= 0.6 is 0 Å². The van der Waals surface area contributed by atoms with Crippen LogP contribution in [0.2, 0.25) is 0 Å². The van der Waals surface area contributed by atoms with Crippen LogP contribution in [-0.4, -0.2) is 47.4 Å². The summed E-state index contributed by atoms with van der Waals surface area (Å²) in [6, 6.07) is -1.10. The fourth-order valence-electron chi connectivity index (χ4n) is 3.67. The molecule has 0 bridgehead atoms. The smallest absolute Gasteiger partial charge is 0.420 e. The van der Waals surface area contributed by atoms with Gasteiger partial charge in [-0.3, -0.25) is 0 Å². The van der Waals surface area contributed by atoms with E-state index in [4.69, 9.17) is 14.2 Å². The van der Waals surface area contributed by atoms with Gasteiger partial charge in [0.05, 0.1) is 7.11 Å². The molecule has 0 aromatic rings. The van der Waals surface area contributed by atoms with Gasteiger partial charge in [0.1, 0.15) is 17.2 Å². The van der Waals surface area contributed by atoms with Crippen LogP contribution in [0.5, 0.6) is 0 Å². The Morgan fingerprint density at radius 2 is 1.11 bits per heavy atom. The number of unbranched alkanes of at least 4 members (excludes halogenated alkanes) is 10. The van der Waals surface area contributed by atoms with E-state index in [1.54, 1.807) is 41.5 Å². The molecule has 7 heteroatoms. The number of ether oxygens (including phenoxy) is 3. The second-order valence-electron chi connectivity index (χ2n) is 11.4. The third-order valence-corrected chi connectivity index (χ3v) is 5.45. The zero-order valence-electron chi connectivity index (χ0n) is 24.3. The average molecular weight is 512 g/mol. The highest BCUT2D eigenvalue weighted by molar-refractivity contribution is 5.94. The van der Waals surface area contributed by atoms with Crippen LogP contribution in [0.3, 0.4) is 0 Å². The molecular weight excluding hydrogens is 458 g/mol. The molecule has 0 saturated heterocycles. The summed E-state index contributed by atoms with van der Waals surface area (Å²) in [6.45, 7) is 12.4. The third-order valence-electron chi connectivity index (χ3n) is 5.45. The van der Waals surface area contributed by atoms with Crippen molar-refractivity contribution in [2.45, 2.75) is 149 Å². The second kappa shape index (κ2) is 18.2. The van der Waals surface area contributed by atoms with Gasteiger partial charge in [0, 0.05) is 0 Å². The van der Waals surface area contributed by atoms with Crippen molar-refractivity contribution in [1.82, 2.24) is 4.90 Å². The molecule has 0 heterocycles. The first kappa shape index (κ1) is 34.0. The number of nitrogens with zero attached hydrogens (tertiary/aromatic N) is 1. The van der Waals surface area contributed by atoms with Crippen LogP contribution in [0.15, 0.2) is 12.2 Å². The van der Waals surface area contributed by atoms with E-state index in [1.807, 2.05) is 0 Å². The molecule has 0 unspecified atom stereocenters. The number of methoxy groups -OCH3 is 1. The van der Waals surface area contributed by atoms with Crippen molar-refractivity contribution in [2.75, 3.05) is 7.11 Å². The molecule has 0 aromatic heterocycles. The van der Waals surface area contributed by atoms with Crippen molar-refractivity contribution in [3.05, 3.63) is 12.2 Å². The van der Waals surface area contributed by atoms with Gasteiger partial charge in [0.2, 0.25) is 0 Å². The number of allylic oxidation sites excluding steroid dienone is 2. The minimum absolute atomic E-state index is 0.291. The van der Waals surface area contributed by atoms with Gasteiger partial charge in [-0.1, -0.05) is 70.4 Å². The Labute approximate surface area is 220 Å². The largest absolute Gasteiger partial charge is 0.467 e. The van der Waals surface area contributed by atoms with Crippen molar-refractivity contribution in [3.8, 4) is 0 Å². The standard InChI is InChI=1S/C29H53NO6/c1-9-10-11-12-13-14-15-16-17-18-19-20-21-22-23-24(25(31)34-8)30(26(32)35-28(2,3)4)27(33)36-29(5,6)7/h16-17,24H,9-15,18-23H2,1-8H3/b17-16-/t24-/m0/s1. The zero-order valence-corrected chi connectivity index (χ0v) is 24.3. The first-order valence-corrected chi connectivity index (χ1v) is 13.8. The number of esters is 1. The lowest BCUT2D eigenvalue weighted by Crippen LogP contribution is -2.52. The molecule has 0 spiro atoms.